The molecule has 2 heterocycles. The molecule has 1 aliphatic heterocycles. The van der Waals surface area contributed by atoms with Gasteiger partial charge in [0.05, 0.1) is 0 Å². The Bertz CT molecular complexity index is 836. The normalized spacial score (nSPS) is 16.5. The van der Waals surface area contributed by atoms with Crippen LogP contribution in [0.1, 0.15) is 61.1 Å². The maximum Gasteiger partial charge on any atom is 0.382 e. The molecule has 0 spiro atoms. The fraction of sp³-hybridized carbons (Fsp3) is 0.455. The van der Waals surface area contributed by atoms with Crippen LogP contribution in [0.2, 0.25) is 0 Å². The van der Waals surface area contributed by atoms with Crippen molar-refractivity contribution in [3.63, 3.8) is 0 Å². The summed E-state index contributed by atoms with van der Waals surface area (Å²) in [5.41, 5.74) is -0.308. The van der Waals surface area contributed by atoms with Crippen LogP contribution in [0.25, 0.3) is 0 Å². The van der Waals surface area contributed by atoms with Crippen molar-refractivity contribution in [3.05, 3.63) is 58.7 Å². The average Bonchev–Trinajstić information content (AvgIpc) is 2.74. The number of nitrogens with zero attached hydrogens (tertiary/aromatic N) is 3. The number of amidine groups is 1. The van der Waals surface area contributed by atoms with Crippen molar-refractivity contribution < 1.29 is 41.1 Å². The first-order valence-corrected chi connectivity index (χ1v) is 9.32. The Kier molecular flexibility index (Phi) is 12.7. The number of hydrogen-bond acceptors (Lipinski definition) is 7. The van der Waals surface area contributed by atoms with Crippen molar-refractivity contribution in [1.82, 2.24) is 4.98 Å². The number of carbonyl (C=O) groups excluding carboxylic acids is 2. The predicted molar refractivity (Wildman–Crippen MR) is 111 cm³/mol. The number of aliphatic imine (C=N–C) groups is 1. The molecule has 0 aliphatic carbocycles. The zero-order chi connectivity index (χ0) is 23.7. The van der Waals surface area contributed by atoms with E-state index in [4.69, 9.17) is 0 Å². The van der Waals surface area contributed by atoms with Gasteiger partial charge in [0.25, 0.3) is 0 Å². The maximum atomic E-state index is 12.2. The van der Waals surface area contributed by atoms with Crippen LogP contribution in [0.4, 0.5) is 0 Å². The first kappa shape index (κ1) is 30.5. The summed E-state index contributed by atoms with van der Waals surface area (Å²) in [5.74, 6) is -0.324. The molecule has 31 heavy (non-hydrogen) atoms. The molecule has 2 rings (SSSR count). The Morgan fingerprint density at radius 2 is 1.39 bits per heavy atom. The van der Waals surface area contributed by atoms with Gasteiger partial charge < -0.3 is 10.2 Å². The van der Waals surface area contributed by atoms with Crippen LogP contribution >= 0.6 is 0 Å². The van der Waals surface area contributed by atoms with Crippen LogP contribution in [-0.4, -0.2) is 38.2 Å². The summed E-state index contributed by atoms with van der Waals surface area (Å²) >= 11 is 0. The van der Waals surface area contributed by atoms with Crippen molar-refractivity contribution in [3.8, 4) is 0 Å². The van der Waals surface area contributed by atoms with Crippen LogP contribution in [0, 0.1) is 4.91 Å². The van der Waals surface area contributed by atoms with Crippen LogP contribution in [0.3, 0.4) is 0 Å². The van der Waals surface area contributed by atoms with Gasteiger partial charge >= 0.3 is 5.84 Å². The van der Waals surface area contributed by atoms with E-state index in [-0.39, 0.29) is 39.6 Å². The number of ketones is 2. The molecule has 0 saturated heterocycles. The molecule has 174 valence electrons. The van der Waals surface area contributed by atoms with Crippen molar-refractivity contribution in [2.24, 2.45) is 4.99 Å². The number of hydrogen-bond donors (Lipinski definition) is 0. The summed E-state index contributed by atoms with van der Waals surface area (Å²) < 4.78 is 0.968. The van der Waals surface area contributed by atoms with E-state index in [0.29, 0.717) is 11.5 Å². The third-order valence-corrected chi connectivity index (χ3v) is 4.29. The van der Waals surface area contributed by atoms with Gasteiger partial charge in [-0.25, -0.2) is 4.98 Å². The Hall–Kier alpha value is -2.67. The fourth-order valence-electron chi connectivity index (χ4n) is 2.19. The summed E-state index contributed by atoms with van der Waals surface area (Å²) in [5, 5.41) is 20.0. The van der Waals surface area contributed by atoms with Crippen LogP contribution in [0.5, 0.6) is 0 Å². The molecule has 0 bridgehead atoms. The third-order valence-electron chi connectivity index (χ3n) is 4.29. The Morgan fingerprint density at radius 1 is 0.935 bits per heavy atom. The number of aromatic nitrogens is 1. The zero-order valence-corrected chi connectivity index (χ0v) is 20.2. The fourth-order valence-corrected chi connectivity index (χ4v) is 2.19. The minimum Gasteiger partial charge on any atom is -0.876 e. The van der Waals surface area contributed by atoms with Crippen LogP contribution < -0.4 is 10.2 Å². The predicted octanol–water partition coefficient (Wildman–Crippen LogP) is 1.85. The van der Waals surface area contributed by atoms with E-state index in [1.54, 1.807) is 12.3 Å². The van der Waals surface area contributed by atoms with E-state index in [1.165, 1.54) is 27.7 Å². The SMILES string of the molecule is CC(=O)/C=C(/C)[O-].CC(=O)/C=C(/C)[O-].CC1(C)N=C(c2ccccn2)[N+](=O)C1(C)C.[Ni]. The van der Waals surface area contributed by atoms with E-state index in [2.05, 4.69) is 9.98 Å². The first-order chi connectivity index (χ1) is 13.6. The molecule has 0 N–H and O–H groups in total. The molecular weight excluding hydrogens is 445 g/mol. The molecule has 0 aromatic carbocycles. The van der Waals surface area contributed by atoms with Gasteiger partial charge in [-0.1, -0.05) is 29.8 Å². The van der Waals surface area contributed by atoms with Gasteiger partial charge in [0.2, 0.25) is 0 Å². The number of allylic oxidation sites excluding steroid dienone is 4. The second kappa shape index (κ2) is 12.9. The zero-order valence-electron chi connectivity index (χ0n) is 19.2. The summed E-state index contributed by atoms with van der Waals surface area (Å²) in [6, 6.07) is 5.49. The summed E-state index contributed by atoms with van der Waals surface area (Å²) in [4.78, 5) is 40.8. The maximum absolute atomic E-state index is 12.2. The van der Waals surface area contributed by atoms with Crippen LogP contribution in [-0.2, 0) is 26.1 Å². The van der Waals surface area contributed by atoms with E-state index in [9.17, 15) is 24.7 Å². The smallest absolute Gasteiger partial charge is 0.382 e. The number of nitroso groups, excluding NO2 is 1. The molecule has 0 saturated carbocycles. The largest absolute Gasteiger partial charge is 0.876 e. The van der Waals surface area contributed by atoms with Crippen molar-refractivity contribution >= 4 is 17.4 Å². The minimum atomic E-state index is -0.542. The van der Waals surface area contributed by atoms with Gasteiger partial charge in [0.1, 0.15) is 0 Å². The van der Waals surface area contributed by atoms with Gasteiger partial charge in [0, 0.05) is 22.7 Å². The van der Waals surface area contributed by atoms with Gasteiger partial charge in [-0.2, -0.15) is 0 Å². The number of pyridine rings is 1. The molecule has 1 aromatic rings. The molecule has 0 amide bonds. The molecule has 1 aliphatic rings. The summed E-state index contributed by atoms with van der Waals surface area (Å²) in [6.07, 6.45) is 3.78. The van der Waals surface area contributed by atoms with E-state index in [1.807, 2.05) is 39.8 Å². The van der Waals surface area contributed by atoms with Crippen molar-refractivity contribution in [1.29, 1.82) is 0 Å². The minimum absolute atomic E-state index is 0. The van der Waals surface area contributed by atoms with Gasteiger partial charge in [-0.05, 0) is 70.6 Å². The molecule has 0 fully saturated rings. The van der Waals surface area contributed by atoms with E-state index >= 15 is 0 Å². The average molecular weight is 475 g/mol. The van der Waals surface area contributed by atoms with E-state index < -0.39 is 11.1 Å². The molecule has 8 nitrogen and oxygen atoms in total. The molecule has 1 aromatic heterocycles. The second-order valence-electron chi connectivity index (χ2n) is 7.79. The summed E-state index contributed by atoms with van der Waals surface area (Å²) in [6.45, 7) is 13.1. The number of carbonyl (C=O) groups is 2. The Balaban J connectivity index is 0. The van der Waals surface area contributed by atoms with Gasteiger partial charge in [-0.3, -0.25) is 9.59 Å². The third kappa shape index (κ3) is 10.3. The topological polar surface area (TPSA) is 126 Å². The molecular formula is C22H30N3NiO5-. The quantitative estimate of drug-likeness (QED) is 0.284. The molecule has 0 atom stereocenters. The van der Waals surface area contributed by atoms with Crippen molar-refractivity contribution in [2.45, 2.75) is 66.5 Å². The van der Waals surface area contributed by atoms with Gasteiger partial charge in [0.15, 0.2) is 28.3 Å². The van der Waals surface area contributed by atoms with E-state index in [0.717, 1.165) is 16.9 Å². The van der Waals surface area contributed by atoms with Gasteiger partial charge in [-0.15, -0.1) is 11.5 Å². The number of rotatable bonds is 3. The second-order valence-corrected chi connectivity index (χ2v) is 7.79. The molecule has 0 unspecified atom stereocenters. The van der Waals surface area contributed by atoms with Crippen molar-refractivity contribution in [2.75, 3.05) is 0 Å². The standard InChI is InChI=1S/C12H16N3O.2C5H8O2.Ni/c1-11(2)12(3,4)15(16)10(14-11)9-7-5-6-8-13-9;2*1-4(6)3-5(2)7;/h5-8H,1-4H3;2*3,6H,1-2H3;/q+1;;;/p-2/b;2*4-3-;. The summed E-state index contributed by atoms with van der Waals surface area (Å²) in [7, 11) is 0. The Morgan fingerprint density at radius 3 is 1.61 bits per heavy atom. The monoisotopic (exact) mass is 474 g/mol. The van der Waals surface area contributed by atoms with Crippen LogP contribution in [0.15, 0.2) is 53.1 Å². The first-order valence-electron chi connectivity index (χ1n) is 9.32. The molecule has 9 heteroatoms. The Labute approximate surface area is 193 Å². The molecule has 0 radical (unpaired) electrons.